The minimum absolute atomic E-state index is 0.0301. The van der Waals surface area contributed by atoms with Crippen LogP contribution in [0.3, 0.4) is 0 Å². The van der Waals surface area contributed by atoms with Crippen LogP contribution in [0.4, 0.5) is 0 Å². The van der Waals surface area contributed by atoms with Gasteiger partial charge in [0.2, 0.25) is 0 Å². The third-order valence-corrected chi connectivity index (χ3v) is 15.4. The molecule has 4 aromatic heterocycles. The highest BCUT2D eigenvalue weighted by atomic mass is 16.4. The van der Waals surface area contributed by atoms with Crippen molar-refractivity contribution in [3.63, 3.8) is 0 Å². The van der Waals surface area contributed by atoms with Gasteiger partial charge in [0.05, 0.1) is 66.6 Å². The van der Waals surface area contributed by atoms with E-state index < -0.39 is 11.9 Å². The molecule has 0 atom stereocenters. The van der Waals surface area contributed by atoms with Crippen molar-refractivity contribution < 1.29 is 19.8 Å². The highest BCUT2D eigenvalue weighted by Gasteiger charge is 2.26. The van der Waals surface area contributed by atoms with Gasteiger partial charge < -0.3 is 28.5 Å². The molecule has 11 aromatic carbocycles. The molecule has 0 amide bonds. The summed E-state index contributed by atoms with van der Waals surface area (Å²) in [6.07, 6.45) is 0. The molecule has 8 nitrogen and oxygen atoms in total. The fourth-order valence-corrected chi connectivity index (χ4v) is 12.1. The summed E-state index contributed by atoms with van der Waals surface area (Å²) in [5.41, 5.74) is 14.2. The van der Waals surface area contributed by atoms with E-state index in [4.69, 9.17) is 0 Å². The third kappa shape index (κ3) is 6.37. The first-order chi connectivity index (χ1) is 37.4. The predicted molar refractivity (Wildman–Crippen MR) is 309 cm³/mol. The minimum Gasteiger partial charge on any atom is -0.478 e. The number of fused-ring (bicyclic) bond motifs is 12. The molecular weight excluding hydrogens is 937 g/mol. The van der Waals surface area contributed by atoms with Gasteiger partial charge in [-0.15, -0.1) is 0 Å². The average molecular weight is 979 g/mol. The van der Waals surface area contributed by atoms with Gasteiger partial charge in [-0.05, 0) is 131 Å². The maximum Gasteiger partial charge on any atom is 0.337 e. The standard InChI is InChI=1S/C68H42N4O4/c73-67(74)55-40-66(72-60-26-14-10-22-50(60)54-38-44(30-34-64(54)72)42-28-32-62-52(36-42)48-20-8-12-24-58(48)70(62)46-17-5-2-6-18-46)56(68(75)76)39-65(55)71-59-25-13-9-21-49(59)53-37-43(29-33-63(53)71)41-27-31-61-51(35-41)47-19-7-11-23-57(47)69(61)45-15-3-1-4-16-45/h1-40H,(H,73,74)(H,75,76). The summed E-state index contributed by atoms with van der Waals surface area (Å²) >= 11 is 0. The van der Waals surface area contributed by atoms with Crippen LogP contribution in [0.1, 0.15) is 20.7 Å². The number of aromatic nitrogens is 4. The fourth-order valence-electron chi connectivity index (χ4n) is 12.1. The lowest BCUT2D eigenvalue weighted by Gasteiger charge is -2.17. The summed E-state index contributed by atoms with van der Waals surface area (Å²) in [6.45, 7) is 0. The van der Waals surface area contributed by atoms with Crippen molar-refractivity contribution in [1.29, 1.82) is 0 Å². The number of aromatic carboxylic acids is 2. The molecule has 4 heterocycles. The maximum absolute atomic E-state index is 13.7. The first kappa shape index (κ1) is 43.2. The third-order valence-electron chi connectivity index (χ3n) is 15.4. The molecule has 2 N–H and O–H groups in total. The lowest BCUT2D eigenvalue weighted by molar-refractivity contribution is 0.0681. The summed E-state index contributed by atoms with van der Waals surface area (Å²) in [5, 5.41) is 30.7. The largest absolute Gasteiger partial charge is 0.478 e. The molecule has 15 rings (SSSR count). The first-order valence-corrected chi connectivity index (χ1v) is 25.3. The SMILES string of the molecule is O=C(O)c1cc(-n2c3ccccc3c3cc(-c4ccc5c(c4)c4ccccc4n5-c4ccccc4)ccc32)c(C(=O)O)cc1-n1c2ccccc2c2cc(-c3ccc4c(c3)c3ccccc3n4-c3ccccc3)ccc21. The van der Waals surface area contributed by atoms with Gasteiger partial charge in [-0.25, -0.2) is 9.59 Å². The number of carbonyl (C=O) groups is 2. The van der Waals surface area contributed by atoms with Crippen molar-refractivity contribution in [1.82, 2.24) is 18.3 Å². The molecule has 76 heavy (non-hydrogen) atoms. The molecule has 0 fully saturated rings. The molecular formula is C68H42N4O4. The highest BCUT2D eigenvalue weighted by Crippen LogP contribution is 2.42. The summed E-state index contributed by atoms with van der Waals surface area (Å²) in [4.78, 5) is 27.5. The van der Waals surface area contributed by atoms with Crippen molar-refractivity contribution in [3.05, 3.63) is 254 Å². The molecule has 0 bridgehead atoms. The lowest BCUT2D eigenvalue weighted by Crippen LogP contribution is -2.13. The minimum atomic E-state index is -1.18. The van der Waals surface area contributed by atoms with Crippen LogP contribution in [0.5, 0.6) is 0 Å². The van der Waals surface area contributed by atoms with Crippen LogP contribution < -0.4 is 0 Å². The molecule has 0 spiro atoms. The molecule has 358 valence electrons. The van der Waals surface area contributed by atoms with Crippen LogP contribution in [-0.2, 0) is 0 Å². The summed E-state index contributed by atoms with van der Waals surface area (Å²) < 4.78 is 8.40. The Labute approximate surface area is 434 Å². The summed E-state index contributed by atoms with van der Waals surface area (Å²) in [6, 6.07) is 82.3. The van der Waals surface area contributed by atoms with E-state index >= 15 is 0 Å². The van der Waals surface area contributed by atoms with Gasteiger partial charge in [0, 0.05) is 54.5 Å². The van der Waals surface area contributed by atoms with E-state index in [-0.39, 0.29) is 22.5 Å². The van der Waals surface area contributed by atoms with Crippen LogP contribution in [0.25, 0.3) is 132 Å². The van der Waals surface area contributed by atoms with Crippen molar-refractivity contribution in [2.24, 2.45) is 0 Å². The monoisotopic (exact) mass is 978 g/mol. The number of carboxylic acid groups (broad SMARTS) is 2. The topological polar surface area (TPSA) is 94.3 Å². The van der Waals surface area contributed by atoms with Crippen molar-refractivity contribution in [3.8, 4) is 45.0 Å². The summed E-state index contributed by atoms with van der Waals surface area (Å²) in [5.74, 6) is -2.35. The molecule has 8 heteroatoms. The van der Waals surface area contributed by atoms with E-state index in [1.807, 2.05) is 81.9 Å². The summed E-state index contributed by atoms with van der Waals surface area (Å²) in [7, 11) is 0. The van der Waals surface area contributed by atoms with E-state index in [0.29, 0.717) is 0 Å². The Kier molecular flexibility index (Phi) is 9.40. The van der Waals surface area contributed by atoms with Gasteiger partial charge >= 0.3 is 11.9 Å². The van der Waals surface area contributed by atoms with Gasteiger partial charge in [0.1, 0.15) is 0 Å². The Balaban J connectivity index is 0.879. The van der Waals surface area contributed by atoms with Crippen molar-refractivity contribution in [2.75, 3.05) is 0 Å². The molecule has 15 aromatic rings. The van der Waals surface area contributed by atoms with E-state index in [9.17, 15) is 19.8 Å². The van der Waals surface area contributed by atoms with Crippen molar-refractivity contribution >= 4 is 99.2 Å². The smallest absolute Gasteiger partial charge is 0.337 e. The quantitative estimate of drug-likeness (QED) is 0.159. The zero-order valence-corrected chi connectivity index (χ0v) is 40.6. The molecule has 0 radical (unpaired) electrons. The zero-order valence-electron chi connectivity index (χ0n) is 40.6. The van der Waals surface area contributed by atoms with Gasteiger partial charge in [-0.2, -0.15) is 0 Å². The molecule has 0 aliphatic carbocycles. The fraction of sp³-hybridized carbons (Fsp3) is 0. The molecule has 0 aliphatic heterocycles. The number of rotatable bonds is 8. The van der Waals surface area contributed by atoms with Gasteiger partial charge in [0.25, 0.3) is 0 Å². The normalized spacial score (nSPS) is 11.9. The number of nitrogens with zero attached hydrogens (tertiary/aromatic N) is 4. The van der Waals surface area contributed by atoms with Gasteiger partial charge in [-0.1, -0.05) is 133 Å². The number of hydrogen-bond acceptors (Lipinski definition) is 2. The lowest BCUT2D eigenvalue weighted by atomic mass is 10.0. The van der Waals surface area contributed by atoms with Crippen LogP contribution in [0.15, 0.2) is 243 Å². The highest BCUT2D eigenvalue weighted by molar-refractivity contribution is 6.16. The Morgan fingerprint density at radius 3 is 0.803 bits per heavy atom. The van der Waals surface area contributed by atoms with Crippen LogP contribution in [-0.4, -0.2) is 40.4 Å². The van der Waals surface area contributed by atoms with Crippen LogP contribution in [0.2, 0.25) is 0 Å². The zero-order chi connectivity index (χ0) is 50.8. The predicted octanol–water partition coefficient (Wildman–Crippen LogP) is 16.8. The number of para-hydroxylation sites is 6. The van der Waals surface area contributed by atoms with E-state index in [1.54, 1.807) is 0 Å². The second-order valence-corrected chi connectivity index (χ2v) is 19.5. The van der Waals surface area contributed by atoms with E-state index in [2.05, 4.69) is 167 Å². The van der Waals surface area contributed by atoms with Gasteiger partial charge in [0.15, 0.2) is 0 Å². The van der Waals surface area contributed by atoms with E-state index in [0.717, 1.165) is 121 Å². The van der Waals surface area contributed by atoms with E-state index in [1.165, 1.54) is 12.1 Å². The first-order valence-electron chi connectivity index (χ1n) is 25.3. The Hall–Kier alpha value is -10.4. The van der Waals surface area contributed by atoms with Crippen LogP contribution in [0, 0.1) is 0 Å². The maximum atomic E-state index is 13.7. The Bertz CT molecular complexity index is 4630. The average Bonchev–Trinajstić information content (AvgIpc) is 4.24. The number of hydrogen-bond donors (Lipinski definition) is 2. The molecule has 0 saturated carbocycles. The number of benzene rings is 11. The molecule has 0 unspecified atom stereocenters. The van der Waals surface area contributed by atoms with Crippen molar-refractivity contribution in [2.45, 2.75) is 0 Å². The van der Waals surface area contributed by atoms with Gasteiger partial charge in [-0.3, -0.25) is 0 Å². The molecule has 0 saturated heterocycles. The Morgan fingerprint density at radius 2 is 0.500 bits per heavy atom. The second kappa shape index (κ2) is 16.5. The van der Waals surface area contributed by atoms with Crippen LogP contribution >= 0.6 is 0 Å². The number of carboxylic acids is 2. The Morgan fingerprint density at radius 1 is 0.250 bits per heavy atom. The second-order valence-electron chi connectivity index (χ2n) is 19.5. The molecule has 0 aliphatic rings.